The first-order valence-electron chi connectivity index (χ1n) is 10.2. The van der Waals surface area contributed by atoms with Gasteiger partial charge in [-0.25, -0.2) is 4.79 Å². The van der Waals surface area contributed by atoms with Gasteiger partial charge in [0.1, 0.15) is 0 Å². The van der Waals surface area contributed by atoms with Gasteiger partial charge in [-0.1, -0.05) is 46.2 Å². The summed E-state index contributed by atoms with van der Waals surface area (Å²) >= 11 is 0. The maximum Gasteiger partial charge on any atom is 0.335 e. The smallest absolute Gasteiger partial charge is 0.335 e. The number of rotatable bonds is 10. The van der Waals surface area contributed by atoms with Crippen molar-refractivity contribution in [1.29, 1.82) is 0 Å². The van der Waals surface area contributed by atoms with Gasteiger partial charge in [-0.3, -0.25) is 14.4 Å². The van der Waals surface area contributed by atoms with E-state index in [1.807, 2.05) is 19.2 Å². The second-order valence-electron chi connectivity index (χ2n) is 6.09. The fourth-order valence-electron chi connectivity index (χ4n) is 1.98. The molecule has 0 unspecified atom stereocenters. The number of hydrogen-bond acceptors (Lipinski definition) is 4. The summed E-state index contributed by atoms with van der Waals surface area (Å²) < 4.78 is 13.3. The molecule has 0 aliphatic carbocycles. The summed E-state index contributed by atoms with van der Waals surface area (Å²) in [6, 6.07) is 6.12. The Kier molecular flexibility index (Phi) is 18.2. The second-order valence-corrected chi connectivity index (χ2v) is 6.09. The third-order valence-corrected chi connectivity index (χ3v) is 3.42. The molecule has 3 amide bonds. The molecule has 0 aliphatic heterocycles. The monoisotopic (exact) mass is 439 g/mol. The average Bonchev–Trinajstić information content (AvgIpc) is 2.77. The molecule has 3 N–H and O–H groups in total. The summed E-state index contributed by atoms with van der Waals surface area (Å²) in [6.07, 6.45) is 2.63. The van der Waals surface area contributed by atoms with Gasteiger partial charge in [0.05, 0.1) is 5.56 Å². The number of nitrogens with one attached hydrogen (secondary N) is 2. The highest BCUT2D eigenvalue weighted by Gasteiger charge is 2.14. The van der Waals surface area contributed by atoms with Gasteiger partial charge in [0, 0.05) is 32.8 Å². The number of aromatic carboxylic acids is 1. The number of amides is 3. The van der Waals surface area contributed by atoms with E-state index in [0.29, 0.717) is 12.6 Å². The molecule has 0 aromatic heterocycles. The van der Waals surface area contributed by atoms with E-state index in [1.165, 1.54) is 25.6 Å². The van der Waals surface area contributed by atoms with Crippen LogP contribution in [0.3, 0.4) is 0 Å². The van der Waals surface area contributed by atoms with E-state index < -0.39 is 17.7 Å². The molecule has 0 radical (unpaired) electrons. The Labute approximate surface area is 183 Å². The lowest BCUT2D eigenvalue weighted by Crippen LogP contribution is -2.30. The van der Waals surface area contributed by atoms with Gasteiger partial charge in [0.15, 0.2) is 0 Å². The van der Waals surface area contributed by atoms with E-state index in [1.54, 1.807) is 12.1 Å². The molecular weight excluding hydrogens is 405 g/mol. The maximum absolute atomic E-state index is 13.3. The van der Waals surface area contributed by atoms with Crippen LogP contribution in [0.1, 0.15) is 62.9 Å². The summed E-state index contributed by atoms with van der Waals surface area (Å²) in [5, 5.41) is 13.4. The first kappa shape index (κ1) is 30.0. The van der Waals surface area contributed by atoms with Crippen LogP contribution in [0.25, 0.3) is 0 Å². The molecule has 8 nitrogen and oxygen atoms in total. The molecule has 0 atom stereocenters. The first-order chi connectivity index (χ1) is 14.8. The van der Waals surface area contributed by atoms with Crippen molar-refractivity contribution >= 4 is 24.2 Å². The molecule has 0 spiro atoms. The number of carbonyl (C=O) groups excluding carboxylic acids is 3. The highest BCUT2D eigenvalue weighted by molar-refractivity contribution is 5.91. The summed E-state index contributed by atoms with van der Waals surface area (Å²) in [4.78, 5) is 45.3. The van der Waals surface area contributed by atoms with Gasteiger partial charge < -0.3 is 20.6 Å². The summed E-state index contributed by atoms with van der Waals surface area (Å²) in [5.74, 6) is -3.26. The van der Waals surface area contributed by atoms with Crippen LogP contribution in [0, 0.1) is 0 Å². The van der Waals surface area contributed by atoms with Gasteiger partial charge >= 0.3 is 5.97 Å². The van der Waals surface area contributed by atoms with Crippen LogP contribution < -0.4 is 10.6 Å². The SMILES string of the molecule is CC.CCC.CN(CCCC(=O)NCc1ccc(C(=O)O)cc1)C(=O)/C(F)=C\NC=O. The lowest BCUT2D eigenvalue weighted by atomic mass is 10.1. The highest BCUT2D eigenvalue weighted by atomic mass is 19.1. The Morgan fingerprint density at radius 1 is 1.13 bits per heavy atom. The Morgan fingerprint density at radius 3 is 2.16 bits per heavy atom. The zero-order chi connectivity index (χ0) is 24.2. The van der Waals surface area contributed by atoms with Crippen LogP contribution in [-0.2, 0) is 20.9 Å². The normalized spacial score (nSPS) is 9.81. The van der Waals surface area contributed by atoms with Crippen LogP contribution in [0.5, 0.6) is 0 Å². The molecule has 9 heteroatoms. The molecular formula is C22H34FN3O5. The molecule has 0 fully saturated rings. The third-order valence-electron chi connectivity index (χ3n) is 3.42. The van der Waals surface area contributed by atoms with Crippen molar-refractivity contribution in [2.45, 2.75) is 53.5 Å². The van der Waals surface area contributed by atoms with E-state index in [2.05, 4.69) is 19.2 Å². The Bertz CT molecular complexity index is 706. The van der Waals surface area contributed by atoms with Crippen LogP contribution in [0.4, 0.5) is 4.39 Å². The van der Waals surface area contributed by atoms with E-state index in [9.17, 15) is 23.6 Å². The highest BCUT2D eigenvalue weighted by Crippen LogP contribution is 2.05. The van der Waals surface area contributed by atoms with Crippen molar-refractivity contribution in [1.82, 2.24) is 15.5 Å². The number of carboxylic acids is 1. The molecule has 1 aromatic rings. The lowest BCUT2D eigenvalue weighted by molar-refractivity contribution is -0.128. The van der Waals surface area contributed by atoms with Crippen molar-refractivity contribution in [3.8, 4) is 0 Å². The van der Waals surface area contributed by atoms with E-state index in [4.69, 9.17) is 5.11 Å². The third kappa shape index (κ3) is 14.4. The van der Waals surface area contributed by atoms with E-state index >= 15 is 0 Å². The largest absolute Gasteiger partial charge is 0.478 e. The Balaban J connectivity index is 0. The number of hydrogen-bond donors (Lipinski definition) is 3. The number of nitrogens with zero attached hydrogens (tertiary/aromatic N) is 1. The minimum absolute atomic E-state index is 0.142. The molecule has 174 valence electrons. The van der Waals surface area contributed by atoms with Crippen LogP contribution in [0.15, 0.2) is 36.3 Å². The molecule has 0 saturated carbocycles. The molecule has 0 aliphatic rings. The summed E-state index contributed by atoms with van der Waals surface area (Å²) in [5.41, 5.74) is 0.919. The molecule has 1 rings (SSSR count). The van der Waals surface area contributed by atoms with Crippen molar-refractivity contribution in [2.24, 2.45) is 0 Å². The minimum Gasteiger partial charge on any atom is -0.478 e. The van der Waals surface area contributed by atoms with E-state index in [-0.39, 0.29) is 37.4 Å². The zero-order valence-electron chi connectivity index (χ0n) is 18.9. The number of benzene rings is 1. The van der Waals surface area contributed by atoms with Gasteiger partial charge in [-0.05, 0) is 24.1 Å². The standard InChI is InChI=1S/C17H20FN3O5.C3H8.C2H6/c1-21(16(24)14(18)10-19-11-22)8-2-3-15(23)20-9-12-4-6-13(7-5-12)17(25)26;1-3-2;1-2/h4-7,10-11H,2-3,8-9H2,1H3,(H,19,22)(H,20,23)(H,25,26);3H2,1-2H3;1-2H3/b14-10+;;. The quantitative estimate of drug-likeness (QED) is 0.382. The molecule has 0 saturated heterocycles. The van der Waals surface area contributed by atoms with Gasteiger partial charge in [0.2, 0.25) is 18.1 Å². The lowest BCUT2D eigenvalue weighted by Gasteiger charge is -2.15. The number of likely N-dealkylation sites (N-methyl/N-ethyl adjacent to an activating group) is 1. The predicted molar refractivity (Wildman–Crippen MR) is 118 cm³/mol. The fraction of sp³-hybridized carbons (Fsp3) is 0.455. The van der Waals surface area contributed by atoms with Crippen molar-refractivity contribution in [3.63, 3.8) is 0 Å². The molecule has 0 heterocycles. The first-order valence-corrected chi connectivity index (χ1v) is 10.2. The van der Waals surface area contributed by atoms with E-state index in [0.717, 1.165) is 10.5 Å². The molecule has 1 aromatic carbocycles. The maximum atomic E-state index is 13.3. The Morgan fingerprint density at radius 2 is 1.68 bits per heavy atom. The fourth-order valence-corrected chi connectivity index (χ4v) is 1.98. The van der Waals surface area contributed by atoms with Crippen molar-refractivity contribution in [2.75, 3.05) is 13.6 Å². The molecule has 31 heavy (non-hydrogen) atoms. The predicted octanol–water partition coefficient (Wildman–Crippen LogP) is 3.24. The summed E-state index contributed by atoms with van der Waals surface area (Å²) in [7, 11) is 1.39. The van der Waals surface area contributed by atoms with Crippen molar-refractivity contribution < 1.29 is 28.7 Å². The van der Waals surface area contributed by atoms with Crippen LogP contribution in [0.2, 0.25) is 0 Å². The minimum atomic E-state index is -1.10. The average molecular weight is 440 g/mol. The number of carbonyl (C=O) groups is 4. The van der Waals surface area contributed by atoms with Crippen molar-refractivity contribution in [3.05, 3.63) is 47.4 Å². The second kappa shape index (κ2) is 18.8. The Hall–Kier alpha value is -3.23. The topological polar surface area (TPSA) is 116 Å². The van der Waals surface area contributed by atoms with Gasteiger partial charge in [-0.2, -0.15) is 4.39 Å². The number of carboxylic acid groups (broad SMARTS) is 1. The van der Waals surface area contributed by atoms with Gasteiger partial charge in [0.25, 0.3) is 5.91 Å². The van der Waals surface area contributed by atoms with Crippen LogP contribution >= 0.6 is 0 Å². The zero-order valence-corrected chi connectivity index (χ0v) is 18.9. The van der Waals surface area contributed by atoms with Gasteiger partial charge in [-0.15, -0.1) is 0 Å². The van der Waals surface area contributed by atoms with Crippen LogP contribution in [-0.4, -0.2) is 47.8 Å². The number of halogens is 1. The summed E-state index contributed by atoms with van der Waals surface area (Å²) in [6.45, 7) is 8.67. The molecule has 0 bridgehead atoms.